The molecule has 0 unspecified atom stereocenters. The third-order valence-electron chi connectivity index (χ3n) is 2.11. The zero-order chi connectivity index (χ0) is 11.5. The summed E-state index contributed by atoms with van der Waals surface area (Å²) in [7, 11) is 0. The fourth-order valence-electron chi connectivity index (χ4n) is 1.33. The molecule has 0 aromatic carbocycles. The van der Waals surface area contributed by atoms with Crippen LogP contribution in [0.1, 0.15) is 51.9 Å². The lowest BCUT2D eigenvalue weighted by Crippen LogP contribution is -2.03. The summed E-state index contributed by atoms with van der Waals surface area (Å²) >= 11 is 11.2. The Morgan fingerprint density at radius 3 is 2.33 bits per heavy atom. The standard InChI is InChI=1S/C11H20Cl2O2/c1-2-15-11(14)9-7-5-3-4-6-8-10(12)13/h10H,2-9H2,1H3. The Morgan fingerprint density at radius 1 is 1.13 bits per heavy atom. The zero-order valence-corrected chi connectivity index (χ0v) is 10.8. The van der Waals surface area contributed by atoms with E-state index in [4.69, 9.17) is 27.9 Å². The van der Waals surface area contributed by atoms with Gasteiger partial charge in [0.1, 0.15) is 4.84 Å². The predicted molar refractivity (Wildman–Crippen MR) is 64.4 cm³/mol. The van der Waals surface area contributed by atoms with Crippen molar-refractivity contribution in [2.75, 3.05) is 6.61 Å². The third kappa shape index (κ3) is 12.0. The lowest BCUT2D eigenvalue weighted by atomic mass is 10.1. The van der Waals surface area contributed by atoms with Gasteiger partial charge in [-0.1, -0.05) is 25.7 Å². The molecule has 4 heteroatoms. The van der Waals surface area contributed by atoms with Crippen molar-refractivity contribution in [1.82, 2.24) is 0 Å². The van der Waals surface area contributed by atoms with Crippen LogP contribution in [0.3, 0.4) is 0 Å². The van der Waals surface area contributed by atoms with Crippen LogP contribution in [0, 0.1) is 0 Å². The van der Waals surface area contributed by atoms with Crippen molar-refractivity contribution < 1.29 is 9.53 Å². The number of rotatable bonds is 9. The minimum absolute atomic E-state index is 0.0842. The van der Waals surface area contributed by atoms with Gasteiger partial charge < -0.3 is 4.74 Å². The van der Waals surface area contributed by atoms with Gasteiger partial charge in [-0.2, -0.15) is 0 Å². The average molecular weight is 255 g/mol. The molecule has 0 spiro atoms. The number of unbranched alkanes of at least 4 members (excludes halogenated alkanes) is 4. The zero-order valence-electron chi connectivity index (χ0n) is 9.31. The van der Waals surface area contributed by atoms with Gasteiger partial charge in [0.25, 0.3) is 0 Å². The summed E-state index contributed by atoms with van der Waals surface area (Å²) in [5.74, 6) is -0.0842. The number of esters is 1. The molecule has 0 saturated carbocycles. The number of alkyl halides is 2. The van der Waals surface area contributed by atoms with Crippen LogP contribution in [0.4, 0.5) is 0 Å². The number of halogens is 2. The smallest absolute Gasteiger partial charge is 0.305 e. The highest BCUT2D eigenvalue weighted by Gasteiger charge is 2.01. The van der Waals surface area contributed by atoms with Crippen molar-refractivity contribution in [3.8, 4) is 0 Å². The van der Waals surface area contributed by atoms with E-state index in [1.807, 2.05) is 6.92 Å². The molecule has 0 radical (unpaired) electrons. The lowest BCUT2D eigenvalue weighted by Gasteiger charge is -2.02. The van der Waals surface area contributed by atoms with Crippen molar-refractivity contribution in [2.24, 2.45) is 0 Å². The molecule has 0 amide bonds. The molecular formula is C11H20Cl2O2. The second-order valence-electron chi connectivity index (χ2n) is 3.50. The fraction of sp³-hybridized carbons (Fsp3) is 0.909. The van der Waals surface area contributed by atoms with E-state index in [0.29, 0.717) is 13.0 Å². The summed E-state index contributed by atoms with van der Waals surface area (Å²) in [6.45, 7) is 2.30. The highest BCUT2D eigenvalue weighted by molar-refractivity contribution is 6.44. The SMILES string of the molecule is CCOC(=O)CCCCCCCC(Cl)Cl. The Kier molecular flexibility index (Phi) is 10.6. The van der Waals surface area contributed by atoms with Gasteiger partial charge in [0, 0.05) is 6.42 Å². The number of carbonyl (C=O) groups is 1. The first-order valence-corrected chi connectivity index (χ1v) is 6.48. The van der Waals surface area contributed by atoms with Crippen LogP contribution in [-0.2, 0) is 9.53 Å². The molecule has 0 aromatic rings. The highest BCUT2D eigenvalue weighted by atomic mass is 35.5. The van der Waals surface area contributed by atoms with E-state index in [1.54, 1.807) is 0 Å². The topological polar surface area (TPSA) is 26.3 Å². The van der Waals surface area contributed by atoms with Gasteiger partial charge in [-0.3, -0.25) is 4.79 Å². The van der Waals surface area contributed by atoms with Gasteiger partial charge in [0.05, 0.1) is 6.61 Å². The molecule has 0 atom stereocenters. The van der Waals surface area contributed by atoms with Crippen LogP contribution in [0.2, 0.25) is 0 Å². The third-order valence-corrected chi connectivity index (χ3v) is 2.55. The van der Waals surface area contributed by atoms with E-state index in [0.717, 1.165) is 38.5 Å². The number of hydrogen-bond acceptors (Lipinski definition) is 2. The average Bonchev–Trinajstić information content (AvgIpc) is 2.16. The summed E-state index contributed by atoms with van der Waals surface area (Å²) in [6, 6.07) is 0. The van der Waals surface area contributed by atoms with Crippen molar-refractivity contribution in [2.45, 2.75) is 56.7 Å². The number of carbonyl (C=O) groups excluding carboxylic acids is 1. The molecule has 0 N–H and O–H groups in total. The molecule has 0 fully saturated rings. The first kappa shape index (κ1) is 15.0. The fourth-order valence-corrected chi connectivity index (χ4v) is 1.64. The van der Waals surface area contributed by atoms with E-state index < -0.39 is 0 Å². The summed E-state index contributed by atoms with van der Waals surface area (Å²) < 4.78 is 4.83. The van der Waals surface area contributed by atoms with Gasteiger partial charge in [0.2, 0.25) is 0 Å². The van der Waals surface area contributed by atoms with Crippen molar-refractivity contribution >= 4 is 29.2 Å². The molecule has 0 heterocycles. The van der Waals surface area contributed by atoms with Gasteiger partial charge in [-0.05, 0) is 19.8 Å². The van der Waals surface area contributed by atoms with Gasteiger partial charge >= 0.3 is 5.97 Å². The Balaban J connectivity index is 3.08. The molecule has 90 valence electrons. The van der Waals surface area contributed by atoms with Crippen LogP contribution in [0.25, 0.3) is 0 Å². The molecule has 0 bridgehead atoms. The molecule has 2 nitrogen and oxygen atoms in total. The van der Waals surface area contributed by atoms with Crippen LogP contribution in [0.5, 0.6) is 0 Å². The number of ether oxygens (including phenoxy) is 1. The molecule has 0 rings (SSSR count). The van der Waals surface area contributed by atoms with Crippen LogP contribution < -0.4 is 0 Å². The first-order valence-electron chi connectivity index (χ1n) is 5.60. The highest BCUT2D eigenvalue weighted by Crippen LogP contribution is 2.14. The molecule has 0 aliphatic heterocycles. The molecule has 0 aliphatic carbocycles. The van der Waals surface area contributed by atoms with Crippen LogP contribution in [-0.4, -0.2) is 17.4 Å². The Bertz CT molecular complexity index is 161. The summed E-state index contributed by atoms with van der Waals surface area (Å²) in [6.07, 6.45) is 6.75. The van der Waals surface area contributed by atoms with E-state index in [1.165, 1.54) is 0 Å². The summed E-state index contributed by atoms with van der Waals surface area (Å²) in [5, 5.41) is 0. The largest absolute Gasteiger partial charge is 0.466 e. The van der Waals surface area contributed by atoms with E-state index in [-0.39, 0.29) is 10.8 Å². The second kappa shape index (κ2) is 10.6. The van der Waals surface area contributed by atoms with E-state index in [2.05, 4.69) is 0 Å². The van der Waals surface area contributed by atoms with Gasteiger partial charge in [0.15, 0.2) is 0 Å². The quantitative estimate of drug-likeness (QED) is 0.352. The maximum Gasteiger partial charge on any atom is 0.305 e. The lowest BCUT2D eigenvalue weighted by molar-refractivity contribution is -0.143. The monoisotopic (exact) mass is 254 g/mol. The molecule has 0 aliphatic rings. The van der Waals surface area contributed by atoms with Gasteiger partial charge in [-0.25, -0.2) is 0 Å². The normalized spacial score (nSPS) is 10.7. The summed E-state index contributed by atoms with van der Waals surface area (Å²) in [4.78, 5) is 10.7. The maximum atomic E-state index is 11.0. The Morgan fingerprint density at radius 2 is 1.73 bits per heavy atom. The Labute approximate surface area is 102 Å². The minimum Gasteiger partial charge on any atom is -0.466 e. The van der Waals surface area contributed by atoms with Crippen molar-refractivity contribution in [1.29, 1.82) is 0 Å². The minimum atomic E-state index is -0.232. The first-order chi connectivity index (χ1) is 7.16. The second-order valence-corrected chi connectivity index (χ2v) is 4.78. The van der Waals surface area contributed by atoms with Crippen LogP contribution >= 0.6 is 23.2 Å². The molecular weight excluding hydrogens is 235 g/mol. The molecule has 0 aromatic heterocycles. The molecule has 0 saturated heterocycles. The van der Waals surface area contributed by atoms with E-state index in [9.17, 15) is 4.79 Å². The summed E-state index contributed by atoms with van der Waals surface area (Å²) in [5.41, 5.74) is 0. The van der Waals surface area contributed by atoms with E-state index >= 15 is 0 Å². The maximum absolute atomic E-state index is 11.0. The van der Waals surface area contributed by atoms with Crippen LogP contribution in [0.15, 0.2) is 0 Å². The Hall–Kier alpha value is 0.0500. The van der Waals surface area contributed by atoms with Gasteiger partial charge in [-0.15, -0.1) is 23.2 Å². The van der Waals surface area contributed by atoms with Crippen molar-refractivity contribution in [3.63, 3.8) is 0 Å². The van der Waals surface area contributed by atoms with Crippen molar-refractivity contribution in [3.05, 3.63) is 0 Å². The number of hydrogen-bond donors (Lipinski definition) is 0. The predicted octanol–water partition coefficient (Wildman–Crippen LogP) is 4.08. The molecule has 15 heavy (non-hydrogen) atoms.